The van der Waals surface area contributed by atoms with Crippen molar-refractivity contribution in [2.24, 2.45) is 0 Å². The average molecular weight is 347 g/mol. The summed E-state index contributed by atoms with van der Waals surface area (Å²) < 4.78 is 36.7. The lowest BCUT2D eigenvalue weighted by atomic mass is 10.2. The number of hydrogen-bond acceptors (Lipinski definition) is 5. The molecule has 0 fully saturated rings. The van der Waals surface area contributed by atoms with Crippen molar-refractivity contribution in [1.29, 1.82) is 0 Å². The van der Waals surface area contributed by atoms with Crippen LogP contribution in [0.25, 0.3) is 11.6 Å². The van der Waals surface area contributed by atoms with Gasteiger partial charge in [-0.15, -0.1) is 0 Å². The first-order valence-corrected chi connectivity index (χ1v) is 7.70. The number of furan rings is 1. The SMILES string of the molecule is CCN(C(=O)CCc1nc(-c2ccco2)no1)c1ccc(F)c(F)c1. The van der Waals surface area contributed by atoms with Gasteiger partial charge in [-0.2, -0.15) is 4.98 Å². The van der Waals surface area contributed by atoms with Gasteiger partial charge in [-0.3, -0.25) is 4.79 Å². The van der Waals surface area contributed by atoms with Crippen molar-refractivity contribution >= 4 is 11.6 Å². The molecule has 0 atom stereocenters. The number of rotatable bonds is 6. The van der Waals surface area contributed by atoms with Crippen molar-refractivity contribution in [3.63, 3.8) is 0 Å². The number of hydrogen-bond donors (Lipinski definition) is 0. The highest BCUT2D eigenvalue weighted by Crippen LogP contribution is 2.20. The number of aryl methyl sites for hydroxylation is 1. The largest absolute Gasteiger partial charge is 0.461 e. The first kappa shape index (κ1) is 16.8. The molecule has 0 aliphatic heterocycles. The van der Waals surface area contributed by atoms with E-state index in [0.29, 0.717) is 29.7 Å². The van der Waals surface area contributed by atoms with Crippen LogP contribution >= 0.6 is 0 Å². The Balaban J connectivity index is 1.65. The molecule has 2 heterocycles. The fraction of sp³-hybridized carbons (Fsp3) is 0.235. The van der Waals surface area contributed by atoms with Crippen molar-refractivity contribution in [3.05, 3.63) is 54.1 Å². The summed E-state index contributed by atoms with van der Waals surface area (Å²) in [5.74, 6) is -1.14. The molecule has 1 aromatic carbocycles. The zero-order valence-electron chi connectivity index (χ0n) is 13.4. The van der Waals surface area contributed by atoms with E-state index < -0.39 is 11.6 Å². The molecule has 25 heavy (non-hydrogen) atoms. The first-order chi connectivity index (χ1) is 12.1. The van der Waals surface area contributed by atoms with Crippen molar-refractivity contribution in [2.45, 2.75) is 19.8 Å². The van der Waals surface area contributed by atoms with Crippen LogP contribution in [0.4, 0.5) is 14.5 Å². The van der Waals surface area contributed by atoms with Gasteiger partial charge in [0.25, 0.3) is 0 Å². The molecule has 0 aliphatic rings. The van der Waals surface area contributed by atoms with Crippen LogP contribution in [-0.4, -0.2) is 22.6 Å². The van der Waals surface area contributed by atoms with E-state index in [2.05, 4.69) is 10.1 Å². The lowest BCUT2D eigenvalue weighted by Gasteiger charge is -2.20. The van der Waals surface area contributed by atoms with E-state index in [9.17, 15) is 13.6 Å². The van der Waals surface area contributed by atoms with E-state index in [-0.39, 0.29) is 18.7 Å². The average Bonchev–Trinajstić information content (AvgIpc) is 3.27. The predicted molar refractivity (Wildman–Crippen MR) is 84.7 cm³/mol. The van der Waals surface area contributed by atoms with Gasteiger partial charge in [-0.25, -0.2) is 8.78 Å². The maximum absolute atomic E-state index is 13.4. The van der Waals surface area contributed by atoms with Crippen LogP contribution in [0.1, 0.15) is 19.2 Å². The van der Waals surface area contributed by atoms with Crippen molar-refractivity contribution < 1.29 is 22.5 Å². The second-order valence-electron chi connectivity index (χ2n) is 5.23. The number of carbonyl (C=O) groups excluding carboxylic acids is 1. The Kier molecular flexibility index (Phi) is 4.87. The van der Waals surface area contributed by atoms with Crippen molar-refractivity contribution in [2.75, 3.05) is 11.4 Å². The number of anilines is 1. The Hall–Kier alpha value is -3.03. The molecule has 3 aromatic rings. The molecule has 0 N–H and O–H groups in total. The van der Waals surface area contributed by atoms with Gasteiger partial charge < -0.3 is 13.8 Å². The van der Waals surface area contributed by atoms with E-state index in [0.717, 1.165) is 12.1 Å². The molecule has 130 valence electrons. The number of aromatic nitrogens is 2. The van der Waals surface area contributed by atoms with Crippen LogP contribution in [0.3, 0.4) is 0 Å². The summed E-state index contributed by atoms with van der Waals surface area (Å²) in [5, 5.41) is 3.79. The third-order valence-corrected chi connectivity index (χ3v) is 3.59. The molecular formula is C17H15F2N3O3. The summed E-state index contributed by atoms with van der Waals surface area (Å²) in [5.41, 5.74) is 0.299. The van der Waals surface area contributed by atoms with E-state index in [1.165, 1.54) is 17.2 Å². The standard InChI is InChI=1S/C17H15F2N3O3/c1-2-22(11-5-6-12(18)13(19)10-11)16(23)8-7-15-20-17(21-25-15)14-4-3-9-24-14/h3-6,9-10H,2,7-8H2,1H3. The van der Waals surface area contributed by atoms with Gasteiger partial charge in [0.15, 0.2) is 17.4 Å². The van der Waals surface area contributed by atoms with Gasteiger partial charge in [0, 0.05) is 31.1 Å². The Morgan fingerprint density at radius 2 is 2.08 bits per heavy atom. The number of halogens is 2. The minimum Gasteiger partial charge on any atom is -0.461 e. The molecule has 0 saturated carbocycles. The lowest BCUT2D eigenvalue weighted by molar-refractivity contribution is -0.118. The molecule has 6 nitrogen and oxygen atoms in total. The quantitative estimate of drug-likeness (QED) is 0.681. The number of nitrogens with zero attached hydrogens (tertiary/aromatic N) is 3. The zero-order valence-corrected chi connectivity index (χ0v) is 13.4. The maximum atomic E-state index is 13.4. The monoisotopic (exact) mass is 347 g/mol. The molecule has 1 amide bonds. The third kappa shape index (κ3) is 3.73. The Morgan fingerprint density at radius 1 is 1.24 bits per heavy atom. The van der Waals surface area contributed by atoms with Crippen LogP contribution in [-0.2, 0) is 11.2 Å². The minimum absolute atomic E-state index is 0.0899. The number of amides is 1. The zero-order chi connectivity index (χ0) is 17.8. The highest BCUT2D eigenvalue weighted by atomic mass is 19.2. The number of benzene rings is 1. The second kappa shape index (κ2) is 7.25. The normalized spacial score (nSPS) is 10.8. The van der Waals surface area contributed by atoms with Gasteiger partial charge in [0.1, 0.15) is 0 Å². The molecule has 3 rings (SSSR count). The summed E-state index contributed by atoms with van der Waals surface area (Å²) in [7, 11) is 0. The van der Waals surface area contributed by atoms with Crippen molar-refractivity contribution in [1.82, 2.24) is 10.1 Å². The minimum atomic E-state index is -0.997. The predicted octanol–water partition coefficient (Wildman–Crippen LogP) is 3.59. The van der Waals surface area contributed by atoms with Gasteiger partial charge in [0.05, 0.1) is 6.26 Å². The smallest absolute Gasteiger partial charge is 0.238 e. The molecule has 0 spiro atoms. The summed E-state index contributed by atoms with van der Waals surface area (Å²) >= 11 is 0. The fourth-order valence-electron chi connectivity index (χ4n) is 2.37. The van der Waals surface area contributed by atoms with Crippen LogP contribution in [0, 0.1) is 11.6 Å². The fourth-order valence-corrected chi connectivity index (χ4v) is 2.37. The van der Waals surface area contributed by atoms with Gasteiger partial charge in [-0.1, -0.05) is 5.16 Å². The Labute approximate surface area is 142 Å². The van der Waals surface area contributed by atoms with Gasteiger partial charge in [0.2, 0.25) is 17.6 Å². The van der Waals surface area contributed by atoms with E-state index in [1.807, 2.05) is 0 Å². The highest BCUT2D eigenvalue weighted by Gasteiger charge is 2.18. The van der Waals surface area contributed by atoms with Crippen LogP contribution < -0.4 is 4.90 Å². The van der Waals surface area contributed by atoms with Crippen LogP contribution in [0.2, 0.25) is 0 Å². The summed E-state index contributed by atoms with van der Waals surface area (Å²) in [6.45, 7) is 2.08. The molecule has 0 saturated heterocycles. The molecule has 8 heteroatoms. The molecule has 0 aliphatic carbocycles. The highest BCUT2D eigenvalue weighted by molar-refractivity contribution is 5.93. The van der Waals surface area contributed by atoms with Crippen LogP contribution in [0.5, 0.6) is 0 Å². The molecule has 0 unspecified atom stereocenters. The lowest BCUT2D eigenvalue weighted by Crippen LogP contribution is -2.30. The summed E-state index contributed by atoms with van der Waals surface area (Å²) in [4.78, 5) is 17.9. The molecular weight excluding hydrogens is 332 g/mol. The molecule has 0 radical (unpaired) electrons. The third-order valence-electron chi connectivity index (χ3n) is 3.59. The number of carbonyl (C=O) groups is 1. The van der Waals surface area contributed by atoms with E-state index >= 15 is 0 Å². The molecule has 0 bridgehead atoms. The van der Waals surface area contributed by atoms with E-state index in [4.69, 9.17) is 8.94 Å². The summed E-state index contributed by atoms with van der Waals surface area (Å²) in [6, 6.07) is 6.76. The molecule has 2 aromatic heterocycles. The van der Waals surface area contributed by atoms with E-state index in [1.54, 1.807) is 19.1 Å². The second-order valence-corrected chi connectivity index (χ2v) is 5.23. The van der Waals surface area contributed by atoms with Crippen molar-refractivity contribution in [3.8, 4) is 11.6 Å². The first-order valence-electron chi connectivity index (χ1n) is 7.70. The Bertz CT molecular complexity index is 862. The van der Waals surface area contributed by atoms with Gasteiger partial charge in [-0.05, 0) is 31.2 Å². The summed E-state index contributed by atoms with van der Waals surface area (Å²) in [6.07, 6.45) is 1.81. The van der Waals surface area contributed by atoms with Crippen LogP contribution in [0.15, 0.2) is 45.5 Å². The Morgan fingerprint density at radius 3 is 2.76 bits per heavy atom. The maximum Gasteiger partial charge on any atom is 0.238 e. The topological polar surface area (TPSA) is 72.4 Å². The van der Waals surface area contributed by atoms with Gasteiger partial charge >= 0.3 is 0 Å².